The molecule has 5 heterocycles. The highest BCUT2D eigenvalue weighted by Gasteiger charge is 2.25. The Hall–Kier alpha value is -7.50. The van der Waals surface area contributed by atoms with Gasteiger partial charge in [-0.05, 0) is 47.9 Å². The van der Waals surface area contributed by atoms with Crippen LogP contribution in [0, 0.1) is 0 Å². The molecule has 13 aromatic rings. The Labute approximate surface area is 313 Å². The second-order valence-corrected chi connectivity index (χ2v) is 14.5. The van der Waals surface area contributed by atoms with Crippen molar-refractivity contribution in [2.75, 3.05) is 0 Å². The third kappa shape index (κ3) is 3.81. The fourth-order valence-corrected chi connectivity index (χ4v) is 9.31. The van der Waals surface area contributed by atoms with Crippen molar-refractivity contribution in [3.8, 4) is 28.3 Å². The van der Waals surface area contributed by atoms with Gasteiger partial charge in [-0.3, -0.25) is 0 Å². The van der Waals surface area contributed by atoms with Gasteiger partial charge in [0.15, 0.2) is 11.4 Å². The van der Waals surface area contributed by atoms with E-state index in [4.69, 9.17) is 14.4 Å². The monoisotopic (exact) mass is 700 g/mol. The maximum Gasteiger partial charge on any atom is 0.180 e. The van der Waals surface area contributed by atoms with Gasteiger partial charge in [0.1, 0.15) is 16.8 Å². The Morgan fingerprint density at radius 3 is 2.00 bits per heavy atom. The number of nitrogens with zero attached hydrogens (tertiary/aromatic N) is 4. The van der Waals surface area contributed by atoms with Gasteiger partial charge in [-0.1, -0.05) is 127 Å². The normalized spacial score (nSPS) is 12.4. The van der Waals surface area contributed by atoms with Crippen molar-refractivity contribution in [3.05, 3.63) is 170 Å². The maximum absolute atomic E-state index is 6.47. The zero-order valence-electron chi connectivity index (χ0n) is 29.4. The summed E-state index contributed by atoms with van der Waals surface area (Å²) in [4.78, 5) is 10.2. The van der Waals surface area contributed by atoms with Crippen LogP contribution in [0.1, 0.15) is 0 Å². The van der Waals surface area contributed by atoms with Gasteiger partial charge < -0.3 is 13.4 Å². The van der Waals surface area contributed by atoms with E-state index in [1.54, 1.807) is 0 Å². The topological polar surface area (TPSA) is 48.3 Å². The standard InChI is InChI=1S/C50H28N4O/c1-2-13-31(14-3-1)50-51-45(49-46(52-50)36-18-8-11-21-42(36)55-49)30-22-25-32(26-23-30)53-40-20-10-7-17-35(40)43-41(53)28-38-34-16-6-9-19-39(34)54-47-33-15-5-4-12-29(33)24-27-37(47)44(43)48(38)54/h1-28H. The Balaban J connectivity index is 1.10. The molecule has 254 valence electrons. The molecule has 0 spiro atoms. The van der Waals surface area contributed by atoms with Crippen molar-refractivity contribution in [1.29, 1.82) is 0 Å². The van der Waals surface area contributed by atoms with E-state index in [0.29, 0.717) is 11.4 Å². The van der Waals surface area contributed by atoms with Gasteiger partial charge in [0.25, 0.3) is 0 Å². The van der Waals surface area contributed by atoms with E-state index in [1.807, 2.05) is 36.4 Å². The lowest BCUT2D eigenvalue weighted by Gasteiger charge is -2.10. The molecule has 0 saturated heterocycles. The molecule has 0 fully saturated rings. The Kier molecular flexibility index (Phi) is 5.57. The summed E-state index contributed by atoms with van der Waals surface area (Å²) >= 11 is 0. The van der Waals surface area contributed by atoms with Crippen LogP contribution >= 0.6 is 0 Å². The summed E-state index contributed by atoms with van der Waals surface area (Å²) in [5.41, 5.74) is 12.3. The van der Waals surface area contributed by atoms with Gasteiger partial charge >= 0.3 is 0 Å². The second-order valence-electron chi connectivity index (χ2n) is 14.5. The minimum Gasteiger partial charge on any atom is -0.452 e. The van der Waals surface area contributed by atoms with Crippen LogP contribution < -0.4 is 0 Å². The third-order valence-corrected chi connectivity index (χ3v) is 11.6. The predicted octanol–water partition coefficient (Wildman–Crippen LogP) is 13.1. The molecule has 8 aromatic carbocycles. The molecular weight excluding hydrogens is 673 g/mol. The third-order valence-electron chi connectivity index (χ3n) is 11.6. The largest absolute Gasteiger partial charge is 0.452 e. The average Bonchev–Trinajstić information content (AvgIpc) is 3.99. The number of hydrogen-bond acceptors (Lipinski definition) is 3. The lowest BCUT2D eigenvalue weighted by Crippen LogP contribution is -1.96. The number of hydrogen-bond donors (Lipinski definition) is 0. The minimum absolute atomic E-state index is 0.676. The SMILES string of the molecule is c1ccc(-c2nc(-c3ccc(-n4c5ccccc5c5c6c7ccc8ccccc8c7n7c8ccccc8c(cc54)c67)cc3)c3oc4ccccc4c3n2)cc1. The van der Waals surface area contributed by atoms with Crippen molar-refractivity contribution >= 4 is 92.7 Å². The van der Waals surface area contributed by atoms with E-state index in [9.17, 15) is 0 Å². The molecule has 0 unspecified atom stereocenters. The molecule has 13 rings (SSSR count). The number of rotatable bonds is 3. The molecule has 0 bridgehead atoms. The first-order valence-electron chi connectivity index (χ1n) is 18.7. The Morgan fingerprint density at radius 1 is 0.436 bits per heavy atom. The molecule has 0 amide bonds. The summed E-state index contributed by atoms with van der Waals surface area (Å²) in [6.45, 7) is 0. The first kappa shape index (κ1) is 29.0. The molecular formula is C50H28N4O. The van der Waals surface area contributed by atoms with Gasteiger partial charge in [-0.15, -0.1) is 0 Å². The van der Waals surface area contributed by atoms with Crippen LogP contribution in [0.15, 0.2) is 174 Å². The lowest BCUT2D eigenvalue weighted by molar-refractivity contribution is 0.667. The molecule has 0 aliphatic rings. The summed E-state index contributed by atoms with van der Waals surface area (Å²) in [6, 6.07) is 60.5. The summed E-state index contributed by atoms with van der Waals surface area (Å²) in [5, 5.41) is 11.1. The zero-order valence-corrected chi connectivity index (χ0v) is 29.4. The van der Waals surface area contributed by atoms with Crippen LogP contribution in [0.4, 0.5) is 0 Å². The fourth-order valence-electron chi connectivity index (χ4n) is 9.31. The van der Waals surface area contributed by atoms with Gasteiger partial charge in [-0.2, -0.15) is 0 Å². The van der Waals surface area contributed by atoms with Crippen molar-refractivity contribution in [2.45, 2.75) is 0 Å². The highest BCUT2D eigenvalue weighted by atomic mass is 16.3. The number of benzene rings is 8. The van der Waals surface area contributed by atoms with Crippen LogP contribution in [-0.4, -0.2) is 18.9 Å². The number of furan rings is 1. The molecule has 0 atom stereocenters. The van der Waals surface area contributed by atoms with E-state index in [-0.39, 0.29) is 0 Å². The van der Waals surface area contributed by atoms with Gasteiger partial charge in [0, 0.05) is 59.9 Å². The fraction of sp³-hybridized carbons (Fsp3) is 0. The molecule has 0 aliphatic heterocycles. The van der Waals surface area contributed by atoms with Crippen molar-refractivity contribution < 1.29 is 4.42 Å². The van der Waals surface area contributed by atoms with E-state index in [1.165, 1.54) is 70.7 Å². The van der Waals surface area contributed by atoms with Gasteiger partial charge in [0.05, 0.1) is 27.6 Å². The summed E-state index contributed by atoms with van der Waals surface area (Å²) in [7, 11) is 0. The molecule has 0 radical (unpaired) electrons. The molecule has 55 heavy (non-hydrogen) atoms. The Morgan fingerprint density at radius 2 is 1.15 bits per heavy atom. The van der Waals surface area contributed by atoms with Crippen LogP contribution in [0.2, 0.25) is 0 Å². The lowest BCUT2D eigenvalue weighted by atomic mass is 10.00. The predicted molar refractivity (Wildman–Crippen MR) is 227 cm³/mol. The summed E-state index contributed by atoms with van der Waals surface area (Å²) in [6.07, 6.45) is 0. The smallest absolute Gasteiger partial charge is 0.180 e. The quantitative estimate of drug-likeness (QED) is 0.184. The van der Waals surface area contributed by atoms with Crippen LogP contribution in [0.5, 0.6) is 0 Å². The van der Waals surface area contributed by atoms with Crippen LogP contribution in [0.3, 0.4) is 0 Å². The van der Waals surface area contributed by atoms with E-state index in [0.717, 1.165) is 39.0 Å². The molecule has 5 heteroatoms. The first-order chi connectivity index (χ1) is 27.3. The van der Waals surface area contributed by atoms with Crippen LogP contribution in [-0.2, 0) is 0 Å². The van der Waals surface area contributed by atoms with E-state index in [2.05, 4.69) is 142 Å². The molecule has 5 nitrogen and oxygen atoms in total. The van der Waals surface area contributed by atoms with Gasteiger partial charge in [0.2, 0.25) is 0 Å². The zero-order chi connectivity index (χ0) is 35.8. The van der Waals surface area contributed by atoms with Crippen molar-refractivity contribution in [2.24, 2.45) is 0 Å². The molecule has 0 aliphatic carbocycles. The van der Waals surface area contributed by atoms with Crippen molar-refractivity contribution in [3.63, 3.8) is 0 Å². The highest BCUT2D eigenvalue weighted by Crippen LogP contribution is 2.48. The Bertz CT molecular complexity index is 3700. The summed E-state index contributed by atoms with van der Waals surface area (Å²) < 4.78 is 11.4. The number of para-hydroxylation sites is 3. The first-order valence-corrected chi connectivity index (χ1v) is 18.7. The van der Waals surface area contributed by atoms with Gasteiger partial charge in [-0.25, -0.2) is 9.97 Å². The molecule has 0 saturated carbocycles. The summed E-state index contributed by atoms with van der Waals surface area (Å²) in [5.74, 6) is 0.676. The number of fused-ring (bicyclic) bond motifs is 15. The molecule has 0 N–H and O–H groups in total. The second kappa shape index (κ2) is 10.6. The highest BCUT2D eigenvalue weighted by molar-refractivity contribution is 6.37. The average molecular weight is 701 g/mol. The van der Waals surface area contributed by atoms with E-state index >= 15 is 0 Å². The number of aromatic nitrogens is 4. The molecule has 5 aromatic heterocycles. The maximum atomic E-state index is 6.47. The van der Waals surface area contributed by atoms with Crippen molar-refractivity contribution in [1.82, 2.24) is 18.9 Å². The van der Waals surface area contributed by atoms with E-state index < -0.39 is 0 Å². The minimum atomic E-state index is 0.676. The van der Waals surface area contributed by atoms with Crippen LogP contribution in [0.25, 0.3) is 121 Å².